The molecule has 6 aromatic rings. The Morgan fingerprint density at radius 3 is 1.62 bits per heavy atom. The zero-order chi connectivity index (χ0) is 83.8. The summed E-state index contributed by atoms with van der Waals surface area (Å²) in [5, 5.41) is 26.2. The van der Waals surface area contributed by atoms with Gasteiger partial charge in [0.2, 0.25) is 5.82 Å². The number of oxime groups is 2. The summed E-state index contributed by atoms with van der Waals surface area (Å²) in [6, 6.07) is 33.5. The molecule has 0 aliphatic carbocycles. The minimum atomic E-state index is -0.595. The number of unbranched alkanes of at least 4 members (excludes halogenated alkanes) is 3. The maximum absolute atomic E-state index is 13.9. The van der Waals surface area contributed by atoms with Crippen molar-refractivity contribution in [2.24, 2.45) is 41.8 Å². The van der Waals surface area contributed by atoms with Crippen LogP contribution in [0.2, 0.25) is 0 Å². The van der Waals surface area contributed by atoms with Crippen molar-refractivity contribution in [2.75, 3.05) is 49.6 Å². The standard InChI is InChI=1S/C43H65N7O2.C20H29N3O.C16H19NO2.C15H17NO2/c1-13-18-19-20-21-37(52-36-25-22-32(42(9,10)14-2)27-34(36)43(11,12)15-3)41(51)44-28-30(7)39-46-40-38(31(8)47-50(40)48-39)45-35-24-23-33(26-29(35)6)49(16-4)17-5;1-8-23(9-2)16-11-10-15(14(3)12-16)13-17-18(20(4,5)6)21-22(7)19(17)24;1-10-6-7-12(11(2)8-10)9-13-14(16(3,4)5)17-19-15(13)18;1-10-5-7-11(8-6-10)9-12-13(15(2,3)4)16-18-14(12)17/h22-27,30,37H,13-21,28H2,1-12H3,(H,44,51);10-13H,8-9H2,1-7H3;6-9H,1-5H3;5-9H,1-4H3. The van der Waals surface area contributed by atoms with E-state index in [4.69, 9.17) is 29.5 Å². The van der Waals surface area contributed by atoms with Crippen LogP contribution in [0.1, 0.15) is 270 Å². The molecule has 0 saturated carbocycles. The van der Waals surface area contributed by atoms with E-state index in [9.17, 15) is 19.2 Å². The topological polar surface area (TPSA) is 210 Å². The number of carbonyl (C=O) groups is 4. The van der Waals surface area contributed by atoms with Crippen molar-refractivity contribution in [1.29, 1.82) is 0 Å². The van der Waals surface area contributed by atoms with Crippen molar-refractivity contribution in [1.82, 2.24) is 25.2 Å². The second kappa shape index (κ2) is 38.7. The van der Waals surface area contributed by atoms with Gasteiger partial charge in [-0.2, -0.15) is 10.2 Å². The van der Waals surface area contributed by atoms with E-state index in [-0.39, 0.29) is 56.7 Å². The molecule has 0 spiro atoms. The summed E-state index contributed by atoms with van der Waals surface area (Å²) in [7, 11) is 1.71. The van der Waals surface area contributed by atoms with E-state index < -0.39 is 6.10 Å². The summed E-state index contributed by atoms with van der Waals surface area (Å²) >= 11 is 0. The molecule has 1 N–H and O–H groups in total. The molecule has 113 heavy (non-hydrogen) atoms. The number of carbonyl (C=O) groups excluding carboxylic acids is 4. The highest BCUT2D eigenvalue weighted by Crippen LogP contribution is 2.40. The lowest BCUT2D eigenvalue weighted by atomic mass is 9.76. The highest BCUT2D eigenvalue weighted by molar-refractivity contribution is 6.48. The number of aromatic nitrogens is 3. The summed E-state index contributed by atoms with van der Waals surface area (Å²) in [5.41, 5.74) is 19.5. The molecule has 10 rings (SSSR count). The molecule has 2 atom stereocenters. The first-order chi connectivity index (χ1) is 53.0. The van der Waals surface area contributed by atoms with Gasteiger partial charge < -0.3 is 29.5 Å². The third-order valence-electron chi connectivity index (χ3n) is 21.5. The van der Waals surface area contributed by atoms with Crippen LogP contribution >= 0.6 is 0 Å². The molecular weight excluding hydrogens is 1410 g/mol. The number of anilines is 2. The number of likely N-dealkylation sites (N-methyl/N-ethyl adjacent to an activating group) is 1. The van der Waals surface area contributed by atoms with Gasteiger partial charge in [0.05, 0.1) is 33.8 Å². The fourth-order valence-electron chi connectivity index (χ4n) is 13.3. The van der Waals surface area contributed by atoms with Crippen LogP contribution in [-0.4, -0.2) is 118 Å². The second-order valence-corrected chi connectivity index (χ2v) is 34.6. The lowest BCUT2D eigenvalue weighted by Crippen LogP contribution is -2.40. The number of hydrazone groups is 1. The van der Waals surface area contributed by atoms with Crippen LogP contribution in [0.25, 0.3) is 18.2 Å². The van der Waals surface area contributed by atoms with Crippen molar-refractivity contribution < 1.29 is 33.6 Å². The number of fused-ring (bicyclic) bond motifs is 1. The number of hydrogen-bond donors (Lipinski definition) is 1. The maximum atomic E-state index is 13.9. The largest absolute Gasteiger partial charge is 0.480 e. The van der Waals surface area contributed by atoms with Crippen LogP contribution in [0.15, 0.2) is 139 Å². The van der Waals surface area contributed by atoms with Crippen LogP contribution in [0, 0.1) is 50.9 Å². The van der Waals surface area contributed by atoms with E-state index >= 15 is 0 Å². The van der Waals surface area contributed by atoms with Gasteiger partial charge >= 0.3 is 11.9 Å². The third kappa shape index (κ3) is 23.4. The molecule has 608 valence electrons. The molecule has 4 aliphatic heterocycles. The predicted molar refractivity (Wildman–Crippen MR) is 469 cm³/mol. The molecule has 19 heteroatoms. The maximum Gasteiger partial charge on any atom is 0.367 e. The molecule has 0 saturated heterocycles. The second-order valence-electron chi connectivity index (χ2n) is 34.6. The van der Waals surface area contributed by atoms with E-state index in [0.717, 1.165) is 121 Å². The quantitative estimate of drug-likeness (QED) is 0.0324. The average molecular weight is 1540 g/mol. The minimum absolute atomic E-state index is 0.0351. The fraction of sp³-hybridized carbons (Fsp3) is 0.500. The number of hydrogen-bond acceptors (Lipinski definition) is 16. The van der Waals surface area contributed by atoms with Crippen molar-refractivity contribution in [3.8, 4) is 5.75 Å². The number of aliphatic imine (C=N–C) groups is 1. The van der Waals surface area contributed by atoms with Gasteiger partial charge in [0.15, 0.2) is 11.9 Å². The van der Waals surface area contributed by atoms with Gasteiger partial charge in [0.25, 0.3) is 11.8 Å². The predicted octanol–water partition coefficient (Wildman–Crippen LogP) is 20.9. The summed E-state index contributed by atoms with van der Waals surface area (Å²) in [4.78, 5) is 75.6. The van der Waals surface area contributed by atoms with Gasteiger partial charge in [-0.25, -0.2) is 24.6 Å². The summed E-state index contributed by atoms with van der Waals surface area (Å²) < 4.78 is 6.71. The molecule has 0 fully saturated rings. The smallest absolute Gasteiger partial charge is 0.367 e. The van der Waals surface area contributed by atoms with Crippen LogP contribution in [0.5, 0.6) is 5.75 Å². The van der Waals surface area contributed by atoms with Gasteiger partial charge in [-0.3, -0.25) is 9.59 Å². The molecule has 0 bridgehead atoms. The van der Waals surface area contributed by atoms with Gasteiger partial charge in [-0.1, -0.05) is 219 Å². The first kappa shape index (κ1) is 90.3. The van der Waals surface area contributed by atoms with E-state index in [0.29, 0.717) is 58.5 Å². The molecular formula is C94H130N12O7. The lowest BCUT2D eigenvalue weighted by Gasteiger charge is -2.31. The normalized spacial score (nSPS) is 16.3. The van der Waals surface area contributed by atoms with Crippen molar-refractivity contribution in [3.63, 3.8) is 0 Å². The number of nitrogens with one attached hydrogen (secondary N) is 1. The number of benzene rings is 5. The molecule has 0 radical (unpaired) electrons. The Labute approximate surface area is 675 Å². The zero-order valence-corrected chi connectivity index (χ0v) is 73.4. The van der Waals surface area contributed by atoms with Gasteiger partial charge in [-0.05, 0) is 199 Å². The monoisotopic (exact) mass is 1540 g/mol. The van der Waals surface area contributed by atoms with E-state index in [1.165, 1.54) is 38.6 Å². The Hall–Kier alpha value is -9.91. The van der Waals surface area contributed by atoms with Crippen LogP contribution in [0.4, 0.5) is 17.1 Å². The number of nitrogens with zero attached hydrogens (tertiary/aromatic N) is 11. The van der Waals surface area contributed by atoms with Crippen LogP contribution in [-0.2, 0) is 39.7 Å². The molecule has 4 aliphatic rings. The molecule has 1 aromatic heterocycles. The molecule has 5 heterocycles. The number of ether oxygens (including phenoxy) is 1. The summed E-state index contributed by atoms with van der Waals surface area (Å²) in [5.74, 6) is 1.02. The summed E-state index contributed by atoms with van der Waals surface area (Å²) in [6.45, 7) is 61.3. The third-order valence-corrected chi connectivity index (χ3v) is 21.5. The van der Waals surface area contributed by atoms with Gasteiger partial charge in [0.1, 0.15) is 22.9 Å². The Bertz CT molecular complexity index is 4640. The van der Waals surface area contributed by atoms with Crippen molar-refractivity contribution in [2.45, 2.75) is 255 Å². The Balaban J connectivity index is 0.000000237. The number of aryl methyl sites for hydroxylation is 5. The lowest BCUT2D eigenvalue weighted by molar-refractivity contribution is -0.137. The van der Waals surface area contributed by atoms with Crippen molar-refractivity contribution >= 4 is 87.6 Å². The Morgan fingerprint density at radius 2 is 1.10 bits per heavy atom. The van der Waals surface area contributed by atoms with Gasteiger partial charge in [-0.15, -0.1) is 9.89 Å². The Morgan fingerprint density at radius 1 is 0.575 bits per heavy atom. The highest BCUT2D eigenvalue weighted by Gasteiger charge is 2.38. The zero-order valence-electron chi connectivity index (χ0n) is 73.4. The van der Waals surface area contributed by atoms with E-state index in [1.54, 1.807) is 11.8 Å². The number of amides is 2. The highest BCUT2D eigenvalue weighted by atomic mass is 16.7. The first-order valence-electron chi connectivity index (χ1n) is 40.7. The Kier molecular flexibility index (Phi) is 31.0. The van der Waals surface area contributed by atoms with E-state index in [2.05, 4.69) is 214 Å². The number of rotatable bonds is 25. The van der Waals surface area contributed by atoms with Crippen LogP contribution < -0.4 is 19.9 Å². The van der Waals surface area contributed by atoms with Crippen molar-refractivity contribution in [3.05, 3.63) is 181 Å². The average Bonchev–Trinajstić information content (AvgIpc) is 1.64. The molecule has 2 unspecified atom stereocenters. The van der Waals surface area contributed by atoms with Crippen LogP contribution in [0.3, 0.4) is 0 Å². The fourth-order valence-corrected chi connectivity index (χ4v) is 13.3. The molecule has 5 aromatic carbocycles. The minimum Gasteiger partial charge on any atom is -0.480 e. The summed E-state index contributed by atoms with van der Waals surface area (Å²) in [6.07, 6.45) is 12.0. The first-order valence-corrected chi connectivity index (χ1v) is 40.7. The van der Waals surface area contributed by atoms with E-state index in [1.807, 2.05) is 124 Å². The molecule has 2 amide bonds. The van der Waals surface area contributed by atoms with Gasteiger partial charge in [0, 0.05) is 78.9 Å². The molecule has 19 nitrogen and oxygen atoms in total. The SMILES string of the molecule is CCCCCCC(Oc1ccc(C(C)(C)CC)cc1C(C)(C)CC)C(=O)NCC(C)c1nc2n(n1)N=C(C)C2=Nc1ccc(N(CC)CC)cc1C.CCN(CC)c1ccc(C=C2C(=O)N(C)N=C2C(C)(C)C)c(C)c1.Cc1ccc(C=C2C(=O)ON=C2C(C)(C)C)c(C)c1.Cc1ccc(C=C2C(=O)ON=C2C(C)(C)C)cc1.